The number of nitrogens with zero attached hydrogens (tertiary/aromatic N) is 1. The van der Waals surface area contributed by atoms with E-state index in [2.05, 4.69) is 30.3 Å². The molecule has 6 heteroatoms. The van der Waals surface area contributed by atoms with Crippen molar-refractivity contribution in [2.24, 2.45) is 5.92 Å². The fraction of sp³-hybridized carbons (Fsp3) is 0.355. The van der Waals surface area contributed by atoms with Gasteiger partial charge in [-0.15, -0.1) is 11.6 Å². The largest absolute Gasteiger partial charge is 0.481 e. The minimum absolute atomic E-state index is 0.0973. The lowest BCUT2D eigenvalue weighted by molar-refractivity contribution is -0.155. The summed E-state index contributed by atoms with van der Waals surface area (Å²) in [5.74, 6) is -3.13. The molecule has 0 aromatic heterocycles. The molecule has 2 unspecified atom stereocenters. The Morgan fingerprint density at radius 2 is 1.62 bits per heavy atom. The highest BCUT2D eigenvalue weighted by Crippen LogP contribution is 2.53. The van der Waals surface area contributed by atoms with Gasteiger partial charge in [0.2, 0.25) is 0 Å². The predicted molar refractivity (Wildman–Crippen MR) is 149 cm³/mol. The van der Waals surface area contributed by atoms with Crippen LogP contribution in [-0.4, -0.2) is 40.1 Å². The van der Waals surface area contributed by atoms with Gasteiger partial charge >= 0.3 is 11.9 Å². The number of carboxylic acid groups (broad SMARTS) is 2. The molecule has 37 heavy (non-hydrogen) atoms. The predicted octanol–water partition coefficient (Wildman–Crippen LogP) is 7.02. The van der Waals surface area contributed by atoms with E-state index in [9.17, 15) is 19.8 Å². The minimum Gasteiger partial charge on any atom is -0.481 e. The van der Waals surface area contributed by atoms with Crippen LogP contribution in [0.4, 0.5) is 5.69 Å². The van der Waals surface area contributed by atoms with Crippen LogP contribution in [-0.2, 0) is 9.59 Å². The second kappa shape index (κ2) is 11.4. The smallest absolute Gasteiger partial charge is 0.330 e. The van der Waals surface area contributed by atoms with Gasteiger partial charge in [-0.1, -0.05) is 86.5 Å². The Morgan fingerprint density at radius 1 is 0.946 bits per heavy atom. The molecule has 194 valence electrons. The fourth-order valence-corrected chi connectivity index (χ4v) is 5.98. The topological polar surface area (TPSA) is 77.8 Å². The highest BCUT2D eigenvalue weighted by Gasteiger charge is 2.52. The van der Waals surface area contributed by atoms with Gasteiger partial charge in [0.1, 0.15) is 0 Å². The maximum Gasteiger partial charge on any atom is 0.330 e. The molecule has 5 nitrogen and oxygen atoms in total. The van der Waals surface area contributed by atoms with Crippen molar-refractivity contribution in [3.05, 3.63) is 89.5 Å². The van der Waals surface area contributed by atoms with Crippen molar-refractivity contribution in [3.63, 3.8) is 0 Å². The Morgan fingerprint density at radius 3 is 2.27 bits per heavy atom. The van der Waals surface area contributed by atoms with Crippen LogP contribution in [0.1, 0.15) is 62.1 Å². The highest BCUT2D eigenvalue weighted by atomic mass is 35.5. The Hall–Kier alpha value is -3.31. The molecule has 0 radical (unpaired) electrons. The van der Waals surface area contributed by atoms with Crippen molar-refractivity contribution < 1.29 is 19.8 Å². The molecule has 0 amide bonds. The minimum atomic E-state index is -1.63. The molecule has 2 N–H and O–H groups in total. The summed E-state index contributed by atoms with van der Waals surface area (Å²) >= 11 is 6.13. The van der Waals surface area contributed by atoms with E-state index in [1.165, 1.54) is 6.92 Å². The van der Waals surface area contributed by atoms with Crippen molar-refractivity contribution in [3.8, 4) is 11.1 Å². The summed E-state index contributed by atoms with van der Waals surface area (Å²) in [4.78, 5) is 27.4. The fourth-order valence-electron chi connectivity index (χ4n) is 5.86. The van der Waals surface area contributed by atoms with Crippen LogP contribution < -0.4 is 4.90 Å². The Kier molecular flexibility index (Phi) is 8.23. The normalized spacial score (nSPS) is 16.4. The molecule has 0 spiro atoms. The Bertz CT molecular complexity index is 1260. The third-order valence-electron chi connectivity index (χ3n) is 7.72. The molecule has 0 saturated carbocycles. The number of benzene rings is 3. The van der Waals surface area contributed by atoms with Gasteiger partial charge in [-0.25, -0.2) is 4.79 Å². The number of hydrogen-bond acceptors (Lipinski definition) is 3. The van der Waals surface area contributed by atoms with Crippen molar-refractivity contribution in [1.29, 1.82) is 0 Å². The molecular weight excluding hydrogens is 486 g/mol. The number of aliphatic carboxylic acids is 2. The van der Waals surface area contributed by atoms with Gasteiger partial charge in [0, 0.05) is 24.0 Å². The van der Waals surface area contributed by atoms with Crippen molar-refractivity contribution in [2.45, 2.75) is 51.0 Å². The maximum atomic E-state index is 13.2. The number of halogens is 1. The number of anilines is 1. The monoisotopic (exact) mass is 519 g/mol. The zero-order chi connectivity index (χ0) is 26.6. The Labute approximate surface area is 223 Å². The highest BCUT2D eigenvalue weighted by molar-refractivity contribution is 6.17. The first kappa shape index (κ1) is 26.7. The number of hydrogen-bond donors (Lipinski definition) is 2. The Balaban J connectivity index is 2.02. The van der Waals surface area contributed by atoms with Crippen LogP contribution in [0.3, 0.4) is 0 Å². The number of fused-ring (bicyclic) bond motifs is 3. The molecule has 3 aromatic rings. The summed E-state index contributed by atoms with van der Waals surface area (Å²) in [7, 11) is 0. The first-order chi connectivity index (χ1) is 17.9. The van der Waals surface area contributed by atoms with Crippen LogP contribution in [0.15, 0.2) is 72.8 Å². The number of rotatable bonds is 12. The molecular formula is C31H34ClNO4. The van der Waals surface area contributed by atoms with Gasteiger partial charge in [0.05, 0.1) is 5.92 Å². The average Bonchev–Trinajstić information content (AvgIpc) is 3.25. The number of carbonyl (C=O) groups is 2. The van der Waals surface area contributed by atoms with E-state index in [1.54, 1.807) is 0 Å². The summed E-state index contributed by atoms with van der Waals surface area (Å²) in [5, 5.41) is 20.9. The van der Waals surface area contributed by atoms with Gasteiger partial charge in [0.25, 0.3) is 0 Å². The molecule has 0 fully saturated rings. The lowest BCUT2D eigenvalue weighted by Gasteiger charge is -2.46. The first-order valence-electron chi connectivity index (χ1n) is 12.9. The average molecular weight is 520 g/mol. The lowest BCUT2D eigenvalue weighted by Crippen LogP contribution is -2.61. The second-order valence-corrected chi connectivity index (χ2v) is 10.1. The van der Waals surface area contributed by atoms with Crippen molar-refractivity contribution >= 4 is 29.2 Å². The van der Waals surface area contributed by atoms with Gasteiger partial charge < -0.3 is 15.1 Å². The van der Waals surface area contributed by atoms with Crippen molar-refractivity contribution in [1.82, 2.24) is 0 Å². The third-order valence-corrected chi connectivity index (χ3v) is 7.99. The van der Waals surface area contributed by atoms with Crippen LogP contribution in [0.5, 0.6) is 0 Å². The van der Waals surface area contributed by atoms with E-state index >= 15 is 0 Å². The third kappa shape index (κ3) is 4.73. The van der Waals surface area contributed by atoms with Crippen LogP contribution >= 0.6 is 11.6 Å². The molecule has 0 heterocycles. The van der Waals surface area contributed by atoms with E-state index < -0.39 is 23.4 Å². The molecule has 1 aliphatic carbocycles. The molecule has 3 aromatic carbocycles. The summed E-state index contributed by atoms with van der Waals surface area (Å²) < 4.78 is 0. The van der Waals surface area contributed by atoms with Gasteiger partial charge in [-0.3, -0.25) is 4.79 Å². The van der Waals surface area contributed by atoms with Crippen LogP contribution in [0.2, 0.25) is 0 Å². The van der Waals surface area contributed by atoms with E-state index in [-0.39, 0.29) is 12.3 Å². The maximum absolute atomic E-state index is 13.2. The molecule has 4 rings (SSSR count). The summed E-state index contributed by atoms with van der Waals surface area (Å²) in [6.07, 6.45) is 2.11. The van der Waals surface area contributed by atoms with Crippen LogP contribution in [0, 0.1) is 5.92 Å². The van der Waals surface area contributed by atoms with E-state index in [0.717, 1.165) is 39.9 Å². The lowest BCUT2D eigenvalue weighted by atomic mass is 9.77. The van der Waals surface area contributed by atoms with Crippen LogP contribution in [0.25, 0.3) is 11.1 Å². The first-order valence-corrected chi connectivity index (χ1v) is 13.5. The molecule has 3 atom stereocenters. The van der Waals surface area contributed by atoms with Gasteiger partial charge in [-0.05, 0) is 53.6 Å². The summed E-state index contributed by atoms with van der Waals surface area (Å²) in [6, 6.07) is 24.5. The van der Waals surface area contributed by atoms with E-state index in [0.29, 0.717) is 25.3 Å². The quantitative estimate of drug-likeness (QED) is 0.197. The van der Waals surface area contributed by atoms with Gasteiger partial charge in [0.15, 0.2) is 5.54 Å². The number of unbranched alkanes of at least 4 members (excludes halogenated alkanes) is 1. The molecule has 0 saturated heterocycles. The van der Waals surface area contributed by atoms with E-state index in [1.807, 2.05) is 54.3 Å². The van der Waals surface area contributed by atoms with Crippen molar-refractivity contribution in [2.75, 3.05) is 17.3 Å². The molecule has 0 aliphatic heterocycles. The molecule has 1 aliphatic rings. The number of alkyl halides is 1. The van der Waals surface area contributed by atoms with Gasteiger partial charge in [-0.2, -0.15) is 0 Å². The zero-order valence-electron chi connectivity index (χ0n) is 21.4. The molecule has 0 bridgehead atoms. The zero-order valence-corrected chi connectivity index (χ0v) is 22.1. The van der Waals surface area contributed by atoms with E-state index in [4.69, 9.17) is 11.6 Å². The SMILES string of the molecule is CCCC[C@](C(=O)O)(C(C)C(=O)O)N(CCCCl)c1cccc2c1C(c1ccccc1)c1ccccc1-2. The number of carboxylic acids is 2. The standard InChI is InChI=1S/C31H34ClNO4/c1-3-4-18-31(30(36)37,21(2)29(34)35)33(20-11-19-32)26-17-10-16-25-23-14-8-9-15-24(23)27(28(25)26)22-12-6-5-7-13-22/h5-10,12-17,21,27H,3-4,11,18-20H2,1-2H3,(H,34,35)(H,36,37)/t21?,27?,31-/m1/s1. The summed E-state index contributed by atoms with van der Waals surface area (Å²) in [6.45, 7) is 3.85. The second-order valence-electron chi connectivity index (χ2n) is 9.76. The summed E-state index contributed by atoms with van der Waals surface area (Å²) in [5.41, 5.74) is 4.60.